The van der Waals surface area contributed by atoms with Crippen molar-refractivity contribution in [2.75, 3.05) is 7.11 Å². The van der Waals surface area contributed by atoms with Crippen molar-refractivity contribution in [2.24, 2.45) is 0 Å². The number of Topliss-reactive ketones (excluding diaryl/α,β-unsaturated/α-hetero) is 1. The van der Waals surface area contributed by atoms with Gasteiger partial charge in [0.15, 0.2) is 5.76 Å². The first-order valence-electron chi connectivity index (χ1n) is 11.2. The van der Waals surface area contributed by atoms with Crippen LogP contribution in [0.5, 0.6) is 17.2 Å². The van der Waals surface area contributed by atoms with Gasteiger partial charge in [-0.3, -0.25) is 9.59 Å². The maximum Gasteiger partial charge on any atom is 0.312 e. The molecule has 35 heavy (non-hydrogen) atoms. The monoisotopic (exact) mass is 464 g/mol. The lowest BCUT2D eigenvalue weighted by Gasteiger charge is -2.24. The second-order valence-electron chi connectivity index (χ2n) is 8.33. The van der Waals surface area contributed by atoms with Gasteiger partial charge >= 0.3 is 5.97 Å². The van der Waals surface area contributed by atoms with Crippen molar-refractivity contribution in [1.29, 1.82) is 0 Å². The third kappa shape index (κ3) is 3.60. The average Bonchev–Trinajstić information content (AvgIpc) is 3.50. The van der Waals surface area contributed by atoms with Crippen molar-refractivity contribution in [3.8, 4) is 28.6 Å². The van der Waals surface area contributed by atoms with Crippen LogP contribution in [0.25, 0.3) is 17.4 Å². The van der Waals surface area contributed by atoms with Crippen LogP contribution < -0.4 is 14.2 Å². The van der Waals surface area contributed by atoms with E-state index in [4.69, 9.17) is 18.6 Å². The fourth-order valence-corrected chi connectivity index (χ4v) is 4.57. The number of ketones is 1. The lowest BCUT2D eigenvalue weighted by Crippen LogP contribution is -2.21. The van der Waals surface area contributed by atoms with Gasteiger partial charge in [0, 0.05) is 16.7 Å². The number of hydrogen-bond acceptors (Lipinski definition) is 6. The first kappa shape index (κ1) is 21.0. The number of ether oxygens (including phenoxy) is 3. The lowest BCUT2D eigenvalue weighted by atomic mass is 9.88. The molecular formula is C29H20O6. The molecule has 0 amide bonds. The number of carbonyl (C=O) groups is 2. The van der Waals surface area contributed by atoms with E-state index in [0.717, 1.165) is 11.1 Å². The molecule has 6 heteroatoms. The molecule has 3 heterocycles. The normalized spacial score (nSPS) is 17.5. The third-order valence-electron chi connectivity index (χ3n) is 6.23. The Bertz CT molecular complexity index is 1490. The fraction of sp³-hybridized carbons (Fsp3) is 0.103. The van der Waals surface area contributed by atoms with E-state index >= 15 is 0 Å². The number of rotatable bonds is 4. The number of benzene rings is 3. The second-order valence-corrected chi connectivity index (χ2v) is 8.33. The van der Waals surface area contributed by atoms with E-state index in [1.165, 1.54) is 0 Å². The first-order chi connectivity index (χ1) is 17.1. The summed E-state index contributed by atoms with van der Waals surface area (Å²) in [6.45, 7) is 0. The summed E-state index contributed by atoms with van der Waals surface area (Å²) in [5, 5.41) is 0. The van der Waals surface area contributed by atoms with Gasteiger partial charge in [-0.05, 0) is 36.4 Å². The van der Waals surface area contributed by atoms with Crippen LogP contribution in [0.1, 0.15) is 39.6 Å². The molecule has 1 atom stereocenters. The Kier molecular flexibility index (Phi) is 4.99. The Morgan fingerprint density at radius 1 is 0.886 bits per heavy atom. The molecule has 0 aliphatic carbocycles. The van der Waals surface area contributed by atoms with Crippen molar-refractivity contribution >= 4 is 17.8 Å². The quantitative estimate of drug-likeness (QED) is 0.209. The SMILES string of the molecule is COc1ccccc1/C=C1\Oc2c(ccc3c2C(c2ccc(-c4ccccc4)o2)CC(=O)O3)C1=O. The Labute approximate surface area is 201 Å². The molecule has 0 saturated carbocycles. The molecule has 3 aromatic carbocycles. The van der Waals surface area contributed by atoms with Crippen molar-refractivity contribution in [3.05, 3.63) is 107 Å². The van der Waals surface area contributed by atoms with Crippen LogP contribution in [-0.4, -0.2) is 18.9 Å². The highest BCUT2D eigenvalue weighted by Gasteiger charge is 2.39. The summed E-state index contributed by atoms with van der Waals surface area (Å²) in [6, 6.07) is 24.1. The van der Waals surface area contributed by atoms with Crippen LogP contribution in [0.4, 0.5) is 0 Å². The number of esters is 1. The molecule has 172 valence electrons. The van der Waals surface area contributed by atoms with Gasteiger partial charge in [0.25, 0.3) is 0 Å². The van der Waals surface area contributed by atoms with Crippen LogP contribution in [0.2, 0.25) is 0 Å². The molecule has 0 N–H and O–H groups in total. The number of methoxy groups -OCH3 is 1. The number of furan rings is 1. The van der Waals surface area contributed by atoms with E-state index in [-0.39, 0.29) is 23.9 Å². The number of allylic oxidation sites excluding steroid dienone is 1. The third-order valence-corrected chi connectivity index (χ3v) is 6.23. The van der Waals surface area contributed by atoms with Crippen LogP contribution in [0, 0.1) is 0 Å². The van der Waals surface area contributed by atoms with Gasteiger partial charge in [-0.15, -0.1) is 0 Å². The largest absolute Gasteiger partial charge is 0.496 e. The van der Waals surface area contributed by atoms with E-state index in [1.807, 2.05) is 66.7 Å². The maximum atomic E-state index is 13.2. The predicted molar refractivity (Wildman–Crippen MR) is 129 cm³/mol. The minimum atomic E-state index is -0.447. The van der Waals surface area contributed by atoms with E-state index in [9.17, 15) is 9.59 Å². The second kappa shape index (κ2) is 8.33. The smallest absolute Gasteiger partial charge is 0.312 e. The molecule has 0 radical (unpaired) electrons. The van der Waals surface area contributed by atoms with E-state index in [1.54, 1.807) is 25.3 Å². The highest BCUT2D eigenvalue weighted by atomic mass is 16.5. The number of carbonyl (C=O) groups excluding carboxylic acids is 2. The van der Waals surface area contributed by atoms with Crippen molar-refractivity contribution in [1.82, 2.24) is 0 Å². The zero-order valence-electron chi connectivity index (χ0n) is 18.8. The molecule has 0 spiro atoms. The van der Waals surface area contributed by atoms with Gasteiger partial charge < -0.3 is 18.6 Å². The van der Waals surface area contributed by atoms with Gasteiger partial charge in [-0.25, -0.2) is 0 Å². The van der Waals surface area contributed by atoms with Crippen LogP contribution in [0.15, 0.2) is 89.0 Å². The highest BCUT2D eigenvalue weighted by molar-refractivity contribution is 6.15. The number of hydrogen-bond donors (Lipinski definition) is 0. The molecule has 0 fully saturated rings. The van der Waals surface area contributed by atoms with Crippen LogP contribution in [-0.2, 0) is 4.79 Å². The Morgan fingerprint density at radius 2 is 1.69 bits per heavy atom. The summed E-state index contributed by atoms with van der Waals surface area (Å²) in [5.74, 6) is 1.82. The Hall–Kier alpha value is -4.58. The highest BCUT2D eigenvalue weighted by Crippen LogP contribution is 2.49. The van der Waals surface area contributed by atoms with Crippen molar-refractivity contribution < 1.29 is 28.2 Å². The Morgan fingerprint density at radius 3 is 2.51 bits per heavy atom. The summed E-state index contributed by atoms with van der Waals surface area (Å²) in [7, 11) is 1.58. The summed E-state index contributed by atoms with van der Waals surface area (Å²) >= 11 is 0. The molecule has 2 aliphatic rings. The van der Waals surface area contributed by atoms with Gasteiger partial charge in [0.1, 0.15) is 28.8 Å². The van der Waals surface area contributed by atoms with Crippen LogP contribution >= 0.6 is 0 Å². The molecule has 0 bridgehead atoms. The fourth-order valence-electron chi connectivity index (χ4n) is 4.57. The predicted octanol–water partition coefficient (Wildman–Crippen LogP) is 6.01. The van der Waals surface area contributed by atoms with E-state index < -0.39 is 5.92 Å². The van der Waals surface area contributed by atoms with Gasteiger partial charge in [0.2, 0.25) is 5.78 Å². The lowest BCUT2D eigenvalue weighted by molar-refractivity contribution is -0.135. The molecule has 6 nitrogen and oxygen atoms in total. The topological polar surface area (TPSA) is 75.0 Å². The molecule has 6 rings (SSSR count). The summed E-state index contributed by atoms with van der Waals surface area (Å²) in [4.78, 5) is 25.6. The van der Waals surface area contributed by atoms with Crippen molar-refractivity contribution in [3.63, 3.8) is 0 Å². The molecule has 1 aromatic heterocycles. The van der Waals surface area contributed by atoms with Gasteiger partial charge in [-0.2, -0.15) is 0 Å². The van der Waals surface area contributed by atoms with E-state index in [2.05, 4.69) is 0 Å². The minimum Gasteiger partial charge on any atom is -0.496 e. The number of fused-ring (bicyclic) bond motifs is 3. The summed E-state index contributed by atoms with van der Waals surface area (Å²) in [5.41, 5.74) is 2.71. The zero-order valence-corrected chi connectivity index (χ0v) is 18.8. The number of para-hydroxylation sites is 1. The molecular weight excluding hydrogens is 444 g/mol. The molecule has 1 unspecified atom stereocenters. The molecule has 2 aliphatic heterocycles. The first-order valence-corrected chi connectivity index (χ1v) is 11.2. The molecule has 4 aromatic rings. The molecule has 0 saturated heterocycles. The van der Waals surface area contributed by atoms with Gasteiger partial charge in [0.05, 0.1) is 25.0 Å². The average molecular weight is 464 g/mol. The van der Waals surface area contributed by atoms with E-state index in [0.29, 0.717) is 39.9 Å². The Balaban J connectivity index is 1.43. The summed E-state index contributed by atoms with van der Waals surface area (Å²) < 4.78 is 23.2. The standard InChI is InChI=1S/C29H20O6/c1-32-21-10-6-5-9-18(21)15-25-28(31)19-11-12-24-27(29(19)35-25)20(16-26(30)34-24)23-14-13-22(33-23)17-7-3-2-4-8-17/h2-15,20H,16H2,1H3/b25-15-. The maximum absolute atomic E-state index is 13.2. The zero-order chi connectivity index (χ0) is 23.9. The van der Waals surface area contributed by atoms with Gasteiger partial charge in [-0.1, -0.05) is 48.5 Å². The minimum absolute atomic E-state index is 0.0777. The van der Waals surface area contributed by atoms with Crippen molar-refractivity contribution in [2.45, 2.75) is 12.3 Å². The summed E-state index contributed by atoms with van der Waals surface area (Å²) in [6.07, 6.45) is 1.74. The van der Waals surface area contributed by atoms with Crippen LogP contribution in [0.3, 0.4) is 0 Å².